The summed E-state index contributed by atoms with van der Waals surface area (Å²) in [4.78, 5) is 26.0. The van der Waals surface area contributed by atoms with Crippen molar-refractivity contribution in [2.75, 3.05) is 20.6 Å². The molecule has 134 valence electrons. The number of rotatable bonds is 3. The molecule has 1 fully saturated rings. The van der Waals surface area contributed by atoms with Crippen molar-refractivity contribution >= 4 is 11.9 Å². The SMILES string of the molecule is CN(C)C[C@@H]1CCCC[C@H]1c1c2ccc(O)c1OC(=O)/C=C\C(=O)O2. The highest BCUT2D eigenvalue weighted by Crippen LogP contribution is 2.49. The number of carbonyl (C=O) groups excluding carboxylic acids is 2. The maximum Gasteiger partial charge on any atom is 0.336 e. The zero-order chi connectivity index (χ0) is 18.0. The van der Waals surface area contributed by atoms with E-state index in [4.69, 9.17) is 9.47 Å². The second kappa shape index (κ2) is 7.27. The predicted octanol–water partition coefficient (Wildman–Crippen LogP) is 2.61. The third-order valence-electron chi connectivity index (χ3n) is 4.78. The molecule has 1 heterocycles. The first-order valence-electron chi connectivity index (χ1n) is 8.58. The normalized spacial score (nSPS) is 24.8. The van der Waals surface area contributed by atoms with Gasteiger partial charge >= 0.3 is 11.9 Å². The number of phenols is 1. The zero-order valence-corrected chi connectivity index (χ0v) is 14.5. The molecular weight excluding hydrogens is 322 g/mol. The Balaban J connectivity index is 2.10. The number of ether oxygens (including phenoxy) is 2. The highest BCUT2D eigenvalue weighted by molar-refractivity contribution is 5.94. The summed E-state index contributed by atoms with van der Waals surface area (Å²) in [5, 5.41) is 10.3. The van der Waals surface area contributed by atoms with E-state index in [0.717, 1.165) is 44.4 Å². The molecule has 0 amide bonds. The molecule has 2 aliphatic rings. The maximum absolute atomic E-state index is 12.0. The number of nitrogens with zero attached hydrogens (tertiary/aromatic N) is 1. The lowest BCUT2D eigenvalue weighted by atomic mass is 9.74. The molecule has 1 N–H and O–H groups in total. The van der Waals surface area contributed by atoms with Crippen LogP contribution in [0.1, 0.15) is 37.2 Å². The molecule has 1 aromatic rings. The average Bonchev–Trinajstić information content (AvgIpc) is 2.60. The topological polar surface area (TPSA) is 76.1 Å². The van der Waals surface area contributed by atoms with Crippen LogP contribution in [0.25, 0.3) is 0 Å². The summed E-state index contributed by atoms with van der Waals surface area (Å²) >= 11 is 0. The van der Waals surface area contributed by atoms with E-state index in [1.54, 1.807) is 6.07 Å². The molecule has 6 heteroatoms. The number of hydrogen-bond acceptors (Lipinski definition) is 6. The summed E-state index contributed by atoms with van der Waals surface area (Å²) in [6.07, 6.45) is 6.17. The first kappa shape index (κ1) is 17.5. The molecule has 6 nitrogen and oxygen atoms in total. The smallest absolute Gasteiger partial charge is 0.336 e. The van der Waals surface area contributed by atoms with Gasteiger partial charge in [0.2, 0.25) is 0 Å². The number of esters is 2. The first-order valence-corrected chi connectivity index (χ1v) is 8.58. The number of fused-ring (bicyclic) bond motifs is 2. The fourth-order valence-electron chi connectivity index (χ4n) is 3.81. The highest BCUT2D eigenvalue weighted by Gasteiger charge is 2.34. The van der Waals surface area contributed by atoms with Crippen molar-refractivity contribution in [3.8, 4) is 17.2 Å². The Morgan fingerprint density at radius 1 is 1.08 bits per heavy atom. The van der Waals surface area contributed by atoms with Crippen LogP contribution in [0.3, 0.4) is 0 Å². The molecule has 1 saturated carbocycles. The lowest BCUT2D eigenvalue weighted by Crippen LogP contribution is -2.29. The zero-order valence-electron chi connectivity index (χ0n) is 14.5. The molecule has 2 atom stereocenters. The summed E-state index contributed by atoms with van der Waals surface area (Å²) in [6.45, 7) is 0.874. The van der Waals surface area contributed by atoms with Crippen LogP contribution in [0.15, 0.2) is 24.3 Å². The van der Waals surface area contributed by atoms with Crippen molar-refractivity contribution in [3.05, 3.63) is 29.8 Å². The molecule has 1 aliphatic carbocycles. The Kier molecular flexibility index (Phi) is 5.08. The molecule has 0 radical (unpaired) electrons. The van der Waals surface area contributed by atoms with Crippen LogP contribution >= 0.6 is 0 Å². The second-order valence-electron chi connectivity index (χ2n) is 6.91. The van der Waals surface area contributed by atoms with Crippen LogP contribution in [-0.4, -0.2) is 42.6 Å². The number of aromatic hydroxyl groups is 1. The number of carbonyl (C=O) groups is 2. The van der Waals surface area contributed by atoms with Crippen molar-refractivity contribution in [3.63, 3.8) is 0 Å². The Labute approximate surface area is 147 Å². The first-order chi connectivity index (χ1) is 12.0. The Bertz CT molecular complexity index is 710. The van der Waals surface area contributed by atoms with Crippen LogP contribution in [-0.2, 0) is 9.59 Å². The molecule has 25 heavy (non-hydrogen) atoms. The van der Waals surface area contributed by atoms with E-state index in [2.05, 4.69) is 4.90 Å². The summed E-state index contributed by atoms with van der Waals surface area (Å²) < 4.78 is 10.8. The van der Waals surface area contributed by atoms with E-state index in [0.29, 0.717) is 17.2 Å². The Hall–Kier alpha value is -2.34. The number of hydrogen-bond donors (Lipinski definition) is 1. The van der Waals surface area contributed by atoms with Gasteiger partial charge in [0.1, 0.15) is 5.75 Å². The van der Waals surface area contributed by atoms with Crippen LogP contribution in [0.5, 0.6) is 17.2 Å². The molecule has 0 saturated heterocycles. The summed E-state index contributed by atoms with van der Waals surface area (Å²) in [5.41, 5.74) is 0.622. The van der Waals surface area contributed by atoms with E-state index in [1.807, 2.05) is 14.1 Å². The van der Waals surface area contributed by atoms with Gasteiger partial charge in [0.05, 0.1) is 0 Å². The summed E-state index contributed by atoms with van der Waals surface area (Å²) in [7, 11) is 4.04. The van der Waals surface area contributed by atoms with Gasteiger partial charge in [0.25, 0.3) is 0 Å². The predicted molar refractivity (Wildman–Crippen MR) is 91.8 cm³/mol. The van der Waals surface area contributed by atoms with Crippen molar-refractivity contribution < 1.29 is 24.2 Å². The van der Waals surface area contributed by atoms with Crippen molar-refractivity contribution in [1.29, 1.82) is 0 Å². The van der Waals surface area contributed by atoms with E-state index in [9.17, 15) is 14.7 Å². The lowest BCUT2D eigenvalue weighted by molar-refractivity contribution is -0.131. The van der Waals surface area contributed by atoms with Gasteiger partial charge in [-0.3, -0.25) is 0 Å². The van der Waals surface area contributed by atoms with Gasteiger partial charge in [0, 0.05) is 24.3 Å². The van der Waals surface area contributed by atoms with Crippen LogP contribution in [0, 0.1) is 5.92 Å². The monoisotopic (exact) mass is 345 g/mol. The Morgan fingerprint density at radius 2 is 1.76 bits per heavy atom. The van der Waals surface area contributed by atoms with Crippen molar-refractivity contribution in [2.45, 2.75) is 31.6 Å². The summed E-state index contributed by atoms with van der Waals surface area (Å²) in [6, 6.07) is 2.96. The van der Waals surface area contributed by atoms with Gasteiger partial charge in [-0.15, -0.1) is 0 Å². The van der Waals surface area contributed by atoms with E-state index in [1.165, 1.54) is 6.07 Å². The van der Waals surface area contributed by atoms with Gasteiger partial charge in [-0.2, -0.15) is 0 Å². The third kappa shape index (κ3) is 3.85. The second-order valence-corrected chi connectivity index (χ2v) is 6.91. The van der Waals surface area contributed by atoms with Crippen molar-refractivity contribution in [1.82, 2.24) is 4.90 Å². The standard InChI is InChI=1S/C19H23NO5/c1-20(2)11-12-5-3-4-6-13(12)18-15-8-7-14(21)19(18)25-17(23)10-9-16(22)24-15/h7-10,12-13,21H,3-6,11H2,1-2H3/b10-9-/t12-,13+/m0/s1. The minimum absolute atomic E-state index is 0.0481. The van der Waals surface area contributed by atoms with Crippen molar-refractivity contribution in [2.24, 2.45) is 5.92 Å². The molecule has 0 spiro atoms. The average molecular weight is 345 g/mol. The quantitative estimate of drug-likeness (QED) is 0.670. The third-order valence-corrected chi connectivity index (χ3v) is 4.78. The molecule has 1 aromatic carbocycles. The van der Waals surface area contributed by atoms with Gasteiger partial charge in [-0.1, -0.05) is 12.8 Å². The van der Waals surface area contributed by atoms with Gasteiger partial charge < -0.3 is 19.5 Å². The maximum atomic E-state index is 12.0. The molecule has 0 aromatic heterocycles. The number of phenolic OH excluding ortho intramolecular Hbond substituents is 1. The molecule has 3 rings (SSSR count). The van der Waals surface area contributed by atoms with E-state index in [-0.39, 0.29) is 17.4 Å². The van der Waals surface area contributed by atoms with Gasteiger partial charge in [0.15, 0.2) is 11.5 Å². The fourth-order valence-corrected chi connectivity index (χ4v) is 3.81. The largest absolute Gasteiger partial charge is 0.504 e. The van der Waals surface area contributed by atoms with Gasteiger partial charge in [-0.05, 0) is 50.9 Å². The van der Waals surface area contributed by atoms with E-state index >= 15 is 0 Å². The van der Waals surface area contributed by atoms with E-state index < -0.39 is 11.9 Å². The number of benzene rings is 1. The minimum Gasteiger partial charge on any atom is -0.504 e. The molecule has 2 bridgehead atoms. The van der Waals surface area contributed by atoms with Crippen LogP contribution in [0.2, 0.25) is 0 Å². The molecule has 1 aliphatic heterocycles. The Morgan fingerprint density at radius 3 is 2.48 bits per heavy atom. The van der Waals surface area contributed by atoms with Gasteiger partial charge in [-0.25, -0.2) is 9.59 Å². The van der Waals surface area contributed by atoms with Crippen LogP contribution < -0.4 is 9.47 Å². The molecular formula is C19H23NO5. The highest BCUT2D eigenvalue weighted by atomic mass is 16.6. The summed E-state index contributed by atoms with van der Waals surface area (Å²) in [5.74, 6) is -0.608. The minimum atomic E-state index is -0.701. The molecule has 0 unspecified atom stereocenters. The van der Waals surface area contributed by atoms with Crippen LogP contribution in [0.4, 0.5) is 0 Å². The lowest BCUT2D eigenvalue weighted by Gasteiger charge is -2.35. The fraction of sp³-hybridized carbons (Fsp3) is 0.474.